The molecule has 0 spiro atoms. The lowest BCUT2D eigenvalue weighted by Crippen LogP contribution is -2.60. The number of carbonyl (C=O) groups is 1. The van der Waals surface area contributed by atoms with E-state index in [9.17, 15) is 40.5 Å². The number of allylic oxidation sites excluding steroid dienone is 6. The Hall–Kier alpha value is -1.67. The maximum absolute atomic E-state index is 13.3. The minimum atomic E-state index is -1.67. The van der Waals surface area contributed by atoms with Gasteiger partial charge in [0.2, 0.25) is 5.91 Å². The van der Waals surface area contributed by atoms with E-state index in [1.807, 2.05) is 0 Å². The van der Waals surface area contributed by atoms with Crippen LogP contribution in [0.15, 0.2) is 36.5 Å². The first-order chi connectivity index (χ1) is 44.2. The van der Waals surface area contributed by atoms with Gasteiger partial charge in [0, 0.05) is 0 Å². The van der Waals surface area contributed by atoms with Gasteiger partial charge in [-0.25, -0.2) is 0 Å². The van der Waals surface area contributed by atoms with Gasteiger partial charge in [-0.05, 0) is 70.6 Å². The van der Waals surface area contributed by atoms with Gasteiger partial charge >= 0.3 is 0 Å². The molecule has 1 fully saturated rings. The van der Waals surface area contributed by atoms with E-state index in [-0.39, 0.29) is 12.8 Å². The van der Waals surface area contributed by atoms with E-state index in [4.69, 9.17) is 9.47 Å². The average Bonchev–Trinajstić information content (AvgIpc) is 1.35. The molecule has 1 heterocycles. The van der Waals surface area contributed by atoms with Crippen molar-refractivity contribution in [3.05, 3.63) is 36.5 Å². The molecular weight excluding hydrogens is 1120 g/mol. The average molecular weight is 1280 g/mol. The zero-order valence-electron chi connectivity index (χ0n) is 59.1. The Morgan fingerprint density at radius 2 is 0.689 bits per heavy atom. The number of ether oxygens (including phenoxy) is 2. The van der Waals surface area contributed by atoms with Crippen LogP contribution in [0.2, 0.25) is 0 Å². The number of aliphatic hydroxyl groups is 7. The van der Waals surface area contributed by atoms with Gasteiger partial charge < -0.3 is 50.5 Å². The summed E-state index contributed by atoms with van der Waals surface area (Å²) in [5, 5.41) is 76.7. The Kier molecular flexibility index (Phi) is 64.6. The van der Waals surface area contributed by atoms with Gasteiger partial charge in [-0.2, -0.15) is 0 Å². The van der Waals surface area contributed by atoms with Crippen molar-refractivity contribution in [2.45, 2.75) is 448 Å². The van der Waals surface area contributed by atoms with Crippen molar-refractivity contribution in [3.63, 3.8) is 0 Å². The van der Waals surface area contributed by atoms with E-state index in [0.29, 0.717) is 12.8 Å². The van der Waals surface area contributed by atoms with Gasteiger partial charge in [0.05, 0.1) is 25.4 Å². The fourth-order valence-electron chi connectivity index (χ4n) is 12.9. The van der Waals surface area contributed by atoms with Crippen LogP contribution in [-0.2, 0) is 14.3 Å². The second-order valence-electron chi connectivity index (χ2n) is 27.8. The number of amides is 1. The van der Waals surface area contributed by atoms with Crippen molar-refractivity contribution in [1.29, 1.82) is 0 Å². The van der Waals surface area contributed by atoms with E-state index in [1.165, 1.54) is 308 Å². The van der Waals surface area contributed by atoms with Gasteiger partial charge in [-0.3, -0.25) is 4.79 Å². The summed E-state index contributed by atoms with van der Waals surface area (Å²) < 4.78 is 11.2. The zero-order valence-corrected chi connectivity index (χ0v) is 59.1. The number of unbranched alkanes of at least 4 members (excludes halogenated alkanes) is 52. The third-order valence-corrected chi connectivity index (χ3v) is 19.2. The summed E-state index contributed by atoms with van der Waals surface area (Å²) in [5.41, 5.74) is 0. The molecule has 1 aliphatic heterocycles. The molecule has 1 saturated heterocycles. The highest BCUT2D eigenvalue weighted by Crippen LogP contribution is 2.24. The maximum atomic E-state index is 13.3. The third kappa shape index (κ3) is 53.6. The highest BCUT2D eigenvalue weighted by molar-refractivity contribution is 5.80. The molecule has 1 rings (SSSR count). The lowest BCUT2D eigenvalue weighted by Gasteiger charge is -2.40. The monoisotopic (exact) mass is 1270 g/mol. The van der Waals surface area contributed by atoms with Crippen molar-refractivity contribution in [1.82, 2.24) is 5.32 Å². The quantitative estimate of drug-likeness (QED) is 0.0215. The Labute approximate surface area is 556 Å². The minimum absolute atomic E-state index is 0.256. The minimum Gasteiger partial charge on any atom is -0.394 e. The zero-order chi connectivity index (χ0) is 65.3. The molecule has 0 aromatic rings. The Morgan fingerprint density at radius 1 is 0.389 bits per heavy atom. The molecule has 9 unspecified atom stereocenters. The van der Waals surface area contributed by atoms with Crippen LogP contribution in [0, 0.1) is 0 Å². The standard InChI is InChI=1S/C79H151NO10/c1-3-5-7-9-11-13-15-17-19-21-23-25-27-29-31-33-35-37-39-41-43-45-47-49-51-53-55-57-59-61-63-65-67-72(83)78(88)80-70(69-89-79-77(87)76(86)75(85)73(68-81)90-79)74(84)71(82)66-64-62-60-58-56-54-52-50-48-46-44-42-40-38-36-34-32-30-28-26-24-22-20-18-16-14-12-10-8-6-4-2/h23,25,29,31,58,60,70-77,79,81-87H,3-22,24,26-28,30,32-57,59,61-69H2,1-2H3,(H,80,88)/b25-23-,31-29-,60-58+. The lowest BCUT2D eigenvalue weighted by atomic mass is 9.98. The molecule has 8 N–H and O–H groups in total. The molecule has 90 heavy (non-hydrogen) atoms. The number of aliphatic hydroxyl groups excluding tert-OH is 7. The van der Waals surface area contributed by atoms with Gasteiger partial charge in [-0.15, -0.1) is 0 Å². The predicted molar refractivity (Wildman–Crippen MR) is 381 cm³/mol. The van der Waals surface area contributed by atoms with Crippen LogP contribution in [-0.4, -0.2) is 110 Å². The number of hydrogen-bond donors (Lipinski definition) is 8. The molecule has 0 saturated carbocycles. The molecule has 9 atom stereocenters. The van der Waals surface area contributed by atoms with E-state index < -0.39 is 74.2 Å². The molecule has 0 aromatic heterocycles. The normalized spacial score (nSPS) is 18.6. The van der Waals surface area contributed by atoms with Crippen LogP contribution in [0.1, 0.15) is 393 Å². The first-order valence-electron chi connectivity index (χ1n) is 39.4. The number of carbonyl (C=O) groups excluding carboxylic acids is 1. The molecule has 532 valence electrons. The summed E-state index contributed by atoms with van der Waals surface area (Å²) >= 11 is 0. The number of nitrogens with one attached hydrogen (secondary N) is 1. The summed E-state index contributed by atoms with van der Waals surface area (Å²) in [5.74, 6) is -0.700. The van der Waals surface area contributed by atoms with Crippen LogP contribution in [0.25, 0.3) is 0 Å². The molecule has 1 amide bonds. The van der Waals surface area contributed by atoms with Gasteiger partial charge in [-0.1, -0.05) is 359 Å². The summed E-state index contributed by atoms with van der Waals surface area (Å²) in [6, 6.07) is -1.19. The van der Waals surface area contributed by atoms with Crippen molar-refractivity contribution in [3.8, 4) is 0 Å². The fraction of sp³-hybridized carbons (Fsp3) is 0.911. The summed E-state index contributed by atoms with van der Waals surface area (Å²) in [4.78, 5) is 13.3. The van der Waals surface area contributed by atoms with E-state index in [0.717, 1.165) is 44.9 Å². The van der Waals surface area contributed by atoms with E-state index in [2.05, 4.69) is 55.6 Å². The van der Waals surface area contributed by atoms with Crippen LogP contribution in [0.5, 0.6) is 0 Å². The smallest absolute Gasteiger partial charge is 0.249 e. The van der Waals surface area contributed by atoms with Crippen LogP contribution < -0.4 is 5.32 Å². The van der Waals surface area contributed by atoms with Gasteiger partial charge in [0.25, 0.3) is 0 Å². The van der Waals surface area contributed by atoms with E-state index in [1.54, 1.807) is 0 Å². The Morgan fingerprint density at radius 3 is 1.02 bits per heavy atom. The molecule has 0 bridgehead atoms. The molecule has 1 aliphatic rings. The molecule has 0 radical (unpaired) electrons. The molecular formula is C79H151NO10. The van der Waals surface area contributed by atoms with Crippen molar-refractivity contribution < 1.29 is 50.0 Å². The first-order valence-corrected chi connectivity index (χ1v) is 39.4. The highest BCUT2D eigenvalue weighted by atomic mass is 16.7. The van der Waals surface area contributed by atoms with Crippen molar-refractivity contribution >= 4 is 5.91 Å². The fourth-order valence-corrected chi connectivity index (χ4v) is 12.9. The number of rotatable bonds is 70. The van der Waals surface area contributed by atoms with Crippen LogP contribution in [0.3, 0.4) is 0 Å². The number of hydrogen-bond acceptors (Lipinski definition) is 10. The van der Waals surface area contributed by atoms with E-state index >= 15 is 0 Å². The summed E-state index contributed by atoms with van der Waals surface area (Å²) in [7, 11) is 0. The lowest BCUT2D eigenvalue weighted by molar-refractivity contribution is -0.303. The second kappa shape index (κ2) is 67.3. The summed E-state index contributed by atoms with van der Waals surface area (Å²) in [6.45, 7) is 3.51. The Balaban J connectivity index is 2.16. The highest BCUT2D eigenvalue weighted by Gasteiger charge is 2.44. The van der Waals surface area contributed by atoms with Crippen LogP contribution in [0.4, 0.5) is 0 Å². The maximum Gasteiger partial charge on any atom is 0.249 e. The Bertz CT molecular complexity index is 1560. The topological polar surface area (TPSA) is 189 Å². The molecule has 11 nitrogen and oxygen atoms in total. The first kappa shape index (κ1) is 86.3. The third-order valence-electron chi connectivity index (χ3n) is 19.2. The predicted octanol–water partition coefficient (Wildman–Crippen LogP) is 20.1. The van der Waals surface area contributed by atoms with Crippen molar-refractivity contribution in [2.24, 2.45) is 0 Å². The van der Waals surface area contributed by atoms with Crippen molar-refractivity contribution in [2.75, 3.05) is 13.2 Å². The molecule has 0 aromatic carbocycles. The molecule has 0 aliphatic carbocycles. The second-order valence-corrected chi connectivity index (χ2v) is 27.8. The van der Waals surface area contributed by atoms with Crippen LogP contribution >= 0.6 is 0 Å². The largest absolute Gasteiger partial charge is 0.394 e. The molecule has 11 heteroatoms. The van der Waals surface area contributed by atoms with Gasteiger partial charge in [0.1, 0.15) is 36.6 Å². The summed E-state index contributed by atoms with van der Waals surface area (Å²) in [6.07, 6.45) is 76.9. The SMILES string of the molecule is CCCCCCCCCCC/C=C\C/C=C\CCCCCCCCCCCCCCCCCCC(O)C(=O)NC(COC1OC(CO)C(O)C(O)C1O)C(O)C(O)CCC/C=C/CCCCCCCCCCCCCCCCCCCCCCCCCCCC. The van der Waals surface area contributed by atoms with Gasteiger partial charge in [0.15, 0.2) is 6.29 Å².